The molecule has 2 aliphatic heterocycles. The van der Waals surface area contributed by atoms with Gasteiger partial charge < -0.3 is 4.90 Å². The van der Waals surface area contributed by atoms with Gasteiger partial charge in [-0.2, -0.15) is 0 Å². The van der Waals surface area contributed by atoms with Crippen molar-refractivity contribution in [2.75, 3.05) is 26.2 Å². The molecule has 0 N–H and O–H groups in total. The number of hydrogen-bond donors (Lipinski definition) is 0. The average molecular weight is 379 g/mol. The molecule has 2 fully saturated rings. The second kappa shape index (κ2) is 7.69. The lowest BCUT2D eigenvalue weighted by atomic mass is 9.83. The van der Waals surface area contributed by atoms with Gasteiger partial charge in [0.25, 0.3) is 0 Å². The molecule has 1 aromatic carbocycles. The zero-order valence-corrected chi connectivity index (χ0v) is 16.7. The van der Waals surface area contributed by atoms with E-state index in [4.69, 9.17) is 0 Å². The van der Waals surface area contributed by atoms with Crippen molar-refractivity contribution in [2.45, 2.75) is 45.3 Å². The van der Waals surface area contributed by atoms with Gasteiger partial charge in [-0.15, -0.1) is 0 Å². The molecular weight excluding hydrogens is 348 g/mol. The van der Waals surface area contributed by atoms with E-state index < -0.39 is 10.0 Å². The molecule has 2 aliphatic rings. The first-order valence-electron chi connectivity index (χ1n) is 9.57. The first-order valence-corrected chi connectivity index (χ1v) is 11.2. The SMILES string of the molecule is CC1(C)CCCN(C(=O)C2CCN(S(=O)(=O)Cc3ccccc3)CC2)C1. The molecule has 0 saturated carbocycles. The maximum absolute atomic E-state index is 12.8. The Balaban J connectivity index is 1.56. The van der Waals surface area contributed by atoms with E-state index in [0.717, 1.165) is 31.5 Å². The van der Waals surface area contributed by atoms with E-state index in [1.807, 2.05) is 35.2 Å². The molecule has 2 saturated heterocycles. The van der Waals surface area contributed by atoms with Gasteiger partial charge >= 0.3 is 0 Å². The van der Waals surface area contributed by atoms with Gasteiger partial charge in [0.2, 0.25) is 15.9 Å². The summed E-state index contributed by atoms with van der Waals surface area (Å²) in [5, 5.41) is 0. The molecule has 0 aliphatic carbocycles. The molecule has 6 heteroatoms. The maximum Gasteiger partial charge on any atom is 0.225 e. The minimum Gasteiger partial charge on any atom is -0.342 e. The van der Waals surface area contributed by atoms with Gasteiger partial charge in [-0.05, 0) is 36.7 Å². The molecule has 1 amide bonds. The highest BCUT2D eigenvalue weighted by molar-refractivity contribution is 7.88. The Bertz CT molecular complexity index is 723. The fraction of sp³-hybridized carbons (Fsp3) is 0.650. The summed E-state index contributed by atoms with van der Waals surface area (Å²) in [4.78, 5) is 14.8. The van der Waals surface area contributed by atoms with Crippen LogP contribution in [0.3, 0.4) is 0 Å². The number of rotatable bonds is 4. The molecule has 3 rings (SSSR count). The van der Waals surface area contributed by atoms with E-state index in [1.54, 1.807) is 4.31 Å². The second-order valence-corrected chi connectivity index (χ2v) is 10.4. The van der Waals surface area contributed by atoms with Crippen molar-refractivity contribution in [2.24, 2.45) is 11.3 Å². The third-order valence-corrected chi connectivity index (χ3v) is 7.45. The van der Waals surface area contributed by atoms with Crippen LogP contribution >= 0.6 is 0 Å². The Morgan fingerprint density at radius 3 is 2.38 bits per heavy atom. The molecule has 0 spiro atoms. The summed E-state index contributed by atoms with van der Waals surface area (Å²) in [5.41, 5.74) is 0.995. The normalized spacial score (nSPS) is 22.3. The van der Waals surface area contributed by atoms with E-state index in [0.29, 0.717) is 25.9 Å². The van der Waals surface area contributed by atoms with Gasteiger partial charge in [0.15, 0.2) is 0 Å². The number of nitrogens with zero attached hydrogens (tertiary/aromatic N) is 2. The standard InChI is InChI=1S/C20H30N2O3S/c1-20(2)11-6-12-21(16-20)19(23)18-9-13-22(14-10-18)26(24,25)15-17-7-4-3-5-8-17/h3-5,7-8,18H,6,9-16H2,1-2H3. The predicted molar refractivity (Wildman–Crippen MR) is 103 cm³/mol. The maximum atomic E-state index is 12.8. The molecule has 144 valence electrons. The van der Waals surface area contributed by atoms with Crippen LogP contribution in [0, 0.1) is 11.3 Å². The zero-order valence-electron chi connectivity index (χ0n) is 15.9. The van der Waals surface area contributed by atoms with Crippen molar-refractivity contribution in [3.05, 3.63) is 35.9 Å². The molecule has 26 heavy (non-hydrogen) atoms. The molecule has 0 atom stereocenters. The van der Waals surface area contributed by atoms with Gasteiger partial charge in [-0.1, -0.05) is 44.2 Å². The topological polar surface area (TPSA) is 57.7 Å². The van der Waals surface area contributed by atoms with Crippen molar-refractivity contribution in [3.8, 4) is 0 Å². The smallest absolute Gasteiger partial charge is 0.225 e. The van der Waals surface area contributed by atoms with Crippen molar-refractivity contribution in [3.63, 3.8) is 0 Å². The number of sulfonamides is 1. The van der Waals surface area contributed by atoms with Crippen LogP contribution in [0.2, 0.25) is 0 Å². The summed E-state index contributed by atoms with van der Waals surface area (Å²) in [6, 6.07) is 9.28. The lowest BCUT2D eigenvalue weighted by Crippen LogP contribution is -2.49. The Labute approximate surface area is 157 Å². The molecule has 0 unspecified atom stereocenters. The average Bonchev–Trinajstić information content (AvgIpc) is 2.61. The number of hydrogen-bond acceptors (Lipinski definition) is 3. The Morgan fingerprint density at radius 1 is 1.12 bits per heavy atom. The van der Waals surface area contributed by atoms with E-state index in [-0.39, 0.29) is 23.0 Å². The highest BCUT2D eigenvalue weighted by Gasteiger charge is 2.36. The van der Waals surface area contributed by atoms with Crippen molar-refractivity contribution in [1.29, 1.82) is 0 Å². The highest BCUT2D eigenvalue weighted by Crippen LogP contribution is 2.31. The lowest BCUT2D eigenvalue weighted by molar-refractivity contribution is -0.139. The second-order valence-electron chi connectivity index (χ2n) is 8.44. The fourth-order valence-electron chi connectivity index (χ4n) is 4.13. The number of carbonyl (C=O) groups is 1. The third kappa shape index (κ3) is 4.65. The van der Waals surface area contributed by atoms with Crippen LogP contribution in [0.25, 0.3) is 0 Å². The van der Waals surface area contributed by atoms with Crippen LogP contribution in [0.4, 0.5) is 0 Å². The summed E-state index contributed by atoms with van der Waals surface area (Å²) < 4.78 is 26.9. The molecule has 0 aromatic heterocycles. The number of likely N-dealkylation sites (tertiary alicyclic amines) is 1. The largest absolute Gasteiger partial charge is 0.342 e. The number of piperidine rings is 2. The number of benzene rings is 1. The van der Waals surface area contributed by atoms with Crippen molar-refractivity contribution < 1.29 is 13.2 Å². The predicted octanol–water partition coefficient (Wildman–Crippen LogP) is 2.88. The fourth-order valence-corrected chi connectivity index (χ4v) is 5.69. The molecular formula is C20H30N2O3S. The molecule has 0 bridgehead atoms. The molecule has 2 heterocycles. The lowest BCUT2D eigenvalue weighted by Gasteiger charge is -2.40. The molecule has 1 aromatic rings. The number of amides is 1. The first kappa shape index (κ1) is 19.4. The van der Waals surface area contributed by atoms with Crippen LogP contribution < -0.4 is 0 Å². The minimum absolute atomic E-state index is 0.0345. The van der Waals surface area contributed by atoms with Crippen LogP contribution in [-0.4, -0.2) is 49.7 Å². The first-order chi connectivity index (χ1) is 12.3. The van der Waals surface area contributed by atoms with Gasteiger partial charge in [0.05, 0.1) is 5.75 Å². The summed E-state index contributed by atoms with van der Waals surface area (Å²) in [7, 11) is -3.32. The van der Waals surface area contributed by atoms with Crippen molar-refractivity contribution >= 4 is 15.9 Å². The Morgan fingerprint density at radius 2 is 1.77 bits per heavy atom. The van der Waals surface area contributed by atoms with E-state index in [2.05, 4.69) is 13.8 Å². The van der Waals surface area contributed by atoms with E-state index >= 15 is 0 Å². The van der Waals surface area contributed by atoms with E-state index in [9.17, 15) is 13.2 Å². The quantitative estimate of drug-likeness (QED) is 0.809. The van der Waals surface area contributed by atoms with Crippen LogP contribution in [0.5, 0.6) is 0 Å². The van der Waals surface area contributed by atoms with Gasteiger partial charge in [0, 0.05) is 32.1 Å². The van der Waals surface area contributed by atoms with Crippen LogP contribution in [0.15, 0.2) is 30.3 Å². The third-order valence-electron chi connectivity index (χ3n) is 5.60. The monoisotopic (exact) mass is 378 g/mol. The highest BCUT2D eigenvalue weighted by atomic mass is 32.2. The summed E-state index contributed by atoms with van der Waals surface area (Å²) in [6.45, 7) is 6.98. The summed E-state index contributed by atoms with van der Waals surface area (Å²) in [6.07, 6.45) is 3.48. The molecule has 5 nitrogen and oxygen atoms in total. The van der Waals surface area contributed by atoms with Crippen molar-refractivity contribution in [1.82, 2.24) is 9.21 Å². The van der Waals surface area contributed by atoms with Crippen LogP contribution in [-0.2, 0) is 20.6 Å². The molecule has 0 radical (unpaired) electrons. The zero-order chi connectivity index (χ0) is 18.8. The van der Waals surface area contributed by atoms with Crippen LogP contribution in [0.1, 0.15) is 45.1 Å². The van der Waals surface area contributed by atoms with Gasteiger partial charge in [-0.3, -0.25) is 4.79 Å². The summed E-state index contributed by atoms with van der Waals surface area (Å²) in [5.74, 6) is 0.220. The van der Waals surface area contributed by atoms with Gasteiger partial charge in [0.1, 0.15) is 0 Å². The Kier molecular flexibility index (Phi) is 5.72. The summed E-state index contributed by atoms with van der Waals surface area (Å²) >= 11 is 0. The number of carbonyl (C=O) groups excluding carboxylic acids is 1. The minimum atomic E-state index is -3.32. The van der Waals surface area contributed by atoms with Gasteiger partial charge in [-0.25, -0.2) is 12.7 Å². The van der Waals surface area contributed by atoms with E-state index in [1.165, 1.54) is 0 Å². The Hall–Kier alpha value is -1.40.